The Morgan fingerprint density at radius 1 is 1.10 bits per heavy atom. The fraction of sp³-hybridized carbons (Fsp3) is 0.312. The maximum absolute atomic E-state index is 6.10. The number of pyridine rings is 1. The van der Waals surface area contributed by atoms with Gasteiger partial charge in [-0.25, -0.2) is 0 Å². The first kappa shape index (κ1) is 15.1. The van der Waals surface area contributed by atoms with Crippen LogP contribution in [0, 0.1) is 13.8 Å². The summed E-state index contributed by atoms with van der Waals surface area (Å²) in [7, 11) is 0. The molecular formula is C16H18Cl2N2. The topological polar surface area (TPSA) is 24.9 Å². The molecule has 0 spiro atoms. The average molecular weight is 309 g/mol. The van der Waals surface area contributed by atoms with E-state index in [1.807, 2.05) is 38.1 Å². The van der Waals surface area contributed by atoms with Crippen LogP contribution >= 0.6 is 23.2 Å². The Balaban J connectivity index is 2.26. The summed E-state index contributed by atoms with van der Waals surface area (Å²) >= 11 is 12.1. The normalized spacial score (nSPS) is 12.2. The number of benzene rings is 1. The van der Waals surface area contributed by atoms with Gasteiger partial charge in [0, 0.05) is 5.69 Å². The molecule has 106 valence electrons. The van der Waals surface area contributed by atoms with Gasteiger partial charge in [0.1, 0.15) is 0 Å². The van der Waals surface area contributed by atoms with Gasteiger partial charge in [-0.1, -0.05) is 36.2 Å². The molecule has 2 rings (SSSR count). The maximum atomic E-state index is 6.10. The Bertz CT molecular complexity index is 611. The fourth-order valence-electron chi connectivity index (χ4n) is 2.18. The highest BCUT2D eigenvalue weighted by Crippen LogP contribution is 2.29. The third-order valence-corrected chi connectivity index (χ3v) is 4.05. The second kappa shape index (κ2) is 6.47. The van der Waals surface area contributed by atoms with Gasteiger partial charge in [-0.3, -0.25) is 4.98 Å². The molecule has 0 bridgehead atoms. The smallest absolute Gasteiger partial charge is 0.0607 e. The van der Waals surface area contributed by atoms with Gasteiger partial charge < -0.3 is 5.32 Å². The molecule has 0 fully saturated rings. The molecule has 0 saturated carbocycles. The van der Waals surface area contributed by atoms with Crippen molar-refractivity contribution in [3.63, 3.8) is 0 Å². The molecule has 1 aromatic carbocycles. The van der Waals surface area contributed by atoms with E-state index < -0.39 is 0 Å². The van der Waals surface area contributed by atoms with Gasteiger partial charge >= 0.3 is 0 Å². The van der Waals surface area contributed by atoms with E-state index in [1.54, 1.807) is 0 Å². The molecule has 1 N–H and O–H groups in total. The van der Waals surface area contributed by atoms with Crippen molar-refractivity contribution < 1.29 is 0 Å². The van der Waals surface area contributed by atoms with E-state index >= 15 is 0 Å². The highest BCUT2D eigenvalue weighted by molar-refractivity contribution is 6.42. The molecule has 0 amide bonds. The number of hydrogen-bond donors (Lipinski definition) is 1. The Kier molecular flexibility index (Phi) is 4.90. The van der Waals surface area contributed by atoms with Crippen molar-refractivity contribution in [1.29, 1.82) is 0 Å². The zero-order valence-electron chi connectivity index (χ0n) is 11.9. The number of rotatable bonds is 4. The van der Waals surface area contributed by atoms with Crippen LogP contribution in [0.4, 0.5) is 5.69 Å². The van der Waals surface area contributed by atoms with Crippen LogP contribution in [0.25, 0.3) is 0 Å². The highest BCUT2D eigenvalue weighted by atomic mass is 35.5. The third kappa shape index (κ3) is 3.44. The van der Waals surface area contributed by atoms with Crippen molar-refractivity contribution >= 4 is 28.9 Å². The van der Waals surface area contributed by atoms with Gasteiger partial charge in [0.05, 0.1) is 27.5 Å². The van der Waals surface area contributed by atoms with E-state index in [0.29, 0.717) is 10.0 Å². The second-order valence-corrected chi connectivity index (χ2v) is 5.68. The summed E-state index contributed by atoms with van der Waals surface area (Å²) in [6.45, 7) is 6.14. The van der Waals surface area contributed by atoms with E-state index in [1.165, 1.54) is 0 Å². The number of halogens is 2. The minimum absolute atomic E-state index is 0.188. The van der Waals surface area contributed by atoms with Gasteiger partial charge in [-0.15, -0.1) is 0 Å². The zero-order chi connectivity index (χ0) is 14.7. The second-order valence-electron chi connectivity index (χ2n) is 4.86. The first-order chi connectivity index (χ1) is 9.51. The van der Waals surface area contributed by atoms with Crippen LogP contribution in [-0.4, -0.2) is 4.98 Å². The predicted octanol–water partition coefficient (Wildman–Crippen LogP) is 5.57. The van der Waals surface area contributed by atoms with E-state index in [2.05, 4.69) is 23.3 Å². The van der Waals surface area contributed by atoms with Crippen LogP contribution in [0.1, 0.15) is 36.3 Å². The van der Waals surface area contributed by atoms with Crippen molar-refractivity contribution in [3.05, 3.63) is 57.3 Å². The maximum Gasteiger partial charge on any atom is 0.0607 e. The predicted molar refractivity (Wildman–Crippen MR) is 86.8 cm³/mol. The summed E-state index contributed by atoms with van der Waals surface area (Å²) in [5.41, 5.74) is 4.20. The minimum Gasteiger partial charge on any atom is -0.377 e. The van der Waals surface area contributed by atoms with Crippen molar-refractivity contribution in [2.45, 2.75) is 33.2 Å². The van der Waals surface area contributed by atoms with Gasteiger partial charge in [0.25, 0.3) is 0 Å². The molecular weight excluding hydrogens is 291 g/mol. The molecule has 1 atom stereocenters. The highest BCUT2D eigenvalue weighted by Gasteiger charge is 2.12. The van der Waals surface area contributed by atoms with Crippen molar-refractivity contribution in [3.8, 4) is 0 Å². The van der Waals surface area contributed by atoms with E-state index in [0.717, 1.165) is 29.1 Å². The van der Waals surface area contributed by atoms with Crippen LogP contribution in [0.5, 0.6) is 0 Å². The molecule has 2 aromatic rings. The van der Waals surface area contributed by atoms with Crippen molar-refractivity contribution in [1.82, 2.24) is 4.98 Å². The molecule has 0 aliphatic rings. The molecule has 0 saturated heterocycles. The van der Waals surface area contributed by atoms with Crippen LogP contribution in [0.15, 0.2) is 30.3 Å². The summed E-state index contributed by atoms with van der Waals surface area (Å²) in [6.07, 6.45) is 0.950. The van der Waals surface area contributed by atoms with E-state index in [-0.39, 0.29) is 6.04 Å². The molecule has 0 radical (unpaired) electrons. The number of anilines is 1. The monoisotopic (exact) mass is 308 g/mol. The van der Waals surface area contributed by atoms with Crippen molar-refractivity contribution in [2.75, 3.05) is 5.32 Å². The van der Waals surface area contributed by atoms with Gasteiger partial charge in [-0.2, -0.15) is 0 Å². The minimum atomic E-state index is 0.188. The number of hydrogen-bond acceptors (Lipinski definition) is 2. The van der Waals surface area contributed by atoms with Gasteiger partial charge in [0.2, 0.25) is 0 Å². The Hall–Kier alpha value is -1.25. The van der Waals surface area contributed by atoms with Gasteiger partial charge in [0.15, 0.2) is 0 Å². The molecule has 1 heterocycles. The molecule has 0 aliphatic carbocycles. The SMILES string of the molecule is CCC(Nc1ccc(C)nc1C)c1ccc(Cl)c(Cl)c1. The van der Waals surface area contributed by atoms with Crippen LogP contribution < -0.4 is 5.32 Å². The standard InChI is InChI=1S/C16H18Cl2N2/c1-4-15(12-6-7-13(17)14(18)9-12)20-16-8-5-10(2)19-11(16)3/h5-9,15,20H,4H2,1-3H3. The lowest BCUT2D eigenvalue weighted by molar-refractivity contribution is 0.747. The molecule has 2 nitrogen and oxygen atoms in total. The first-order valence-electron chi connectivity index (χ1n) is 6.67. The lowest BCUT2D eigenvalue weighted by atomic mass is 10.0. The van der Waals surface area contributed by atoms with E-state index in [4.69, 9.17) is 23.2 Å². The van der Waals surface area contributed by atoms with Gasteiger partial charge in [-0.05, 0) is 50.1 Å². The molecule has 1 aromatic heterocycles. The molecule has 4 heteroatoms. The van der Waals surface area contributed by atoms with E-state index in [9.17, 15) is 0 Å². The number of nitrogens with one attached hydrogen (secondary N) is 1. The quantitative estimate of drug-likeness (QED) is 0.798. The lowest BCUT2D eigenvalue weighted by Crippen LogP contribution is -2.11. The largest absolute Gasteiger partial charge is 0.377 e. The number of nitrogens with zero attached hydrogens (tertiary/aromatic N) is 1. The zero-order valence-corrected chi connectivity index (χ0v) is 13.4. The van der Waals surface area contributed by atoms with Crippen LogP contribution in [-0.2, 0) is 0 Å². The van der Waals surface area contributed by atoms with Crippen LogP contribution in [0.3, 0.4) is 0 Å². The van der Waals surface area contributed by atoms with Crippen molar-refractivity contribution in [2.24, 2.45) is 0 Å². The Morgan fingerprint density at radius 3 is 2.45 bits per heavy atom. The average Bonchev–Trinajstić information content (AvgIpc) is 2.41. The Labute approximate surface area is 130 Å². The first-order valence-corrected chi connectivity index (χ1v) is 7.42. The summed E-state index contributed by atoms with van der Waals surface area (Å²) in [5.74, 6) is 0. The summed E-state index contributed by atoms with van der Waals surface area (Å²) < 4.78 is 0. The number of aromatic nitrogens is 1. The summed E-state index contributed by atoms with van der Waals surface area (Å²) in [5, 5.41) is 4.69. The number of aryl methyl sites for hydroxylation is 2. The third-order valence-electron chi connectivity index (χ3n) is 3.31. The molecule has 20 heavy (non-hydrogen) atoms. The lowest BCUT2D eigenvalue weighted by Gasteiger charge is -2.20. The van der Waals surface area contributed by atoms with Crippen LogP contribution in [0.2, 0.25) is 10.0 Å². The fourth-order valence-corrected chi connectivity index (χ4v) is 2.48. The molecule has 0 aliphatic heterocycles. The summed E-state index contributed by atoms with van der Waals surface area (Å²) in [6, 6.07) is 10.0. The Morgan fingerprint density at radius 2 is 1.85 bits per heavy atom. The molecule has 1 unspecified atom stereocenters. The summed E-state index contributed by atoms with van der Waals surface area (Å²) in [4.78, 5) is 4.48.